The number of nitrogens with one attached hydrogen (secondary N) is 1. The molecule has 3 aromatic rings. The normalized spacial score (nSPS) is 14.0. The number of carbonyl (C=O) groups excluding carboxylic acids is 2. The van der Waals surface area contributed by atoms with E-state index in [9.17, 15) is 9.59 Å². The van der Waals surface area contributed by atoms with Crippen LogP contribution in [-0.4, -0.2) is 34.0 Å². The highest BCUT2D eigenvalue weighted by molar-refractivity contribution is 7.21. The first-order chi connectivity index (χ1) is 13.3. The monoisotopic (exact) mass is 415 g/mol. The van der Waals surface area contributed by atoms with Gasteiger partial charge in [0.05, 0.1) is 17.1 Å². The quantitative estimate of drug-likeness (QED) is 0.646. The number of aromatic nitrogens is 1. The lowest BCUT2D eigenvalue weighted by atomic mass is 10.2. The van der Waals surface area contributed by atoms with Gasteiger partial charge in [-0.15, -0.1) is 11.3 Å². The van der Waals surface area contributed by atoms with Gasteiger partial charge in [0.15, 0.2) is 5.13 Å². The number of rotatable bonds is 2. The van der Waals surface area contributed by atoms with Crippen molar-refractivity contribution in [2.45, 2.75) is 39.3 Å². The molecule has 1 N–H and O–H groups in total. The summed E-state index contributed by atoms with van der Waals surface area (Å²) < 4.78 is 6.54. The van der Waals surface area contributed by atoms with Gasteiger partial charge < -0.3 is 9.64 Å². The van der Waals surface area contributed by atoms with Crippen molar-refractivity contribution in [2.24, 2.45) is 0 Å². The Labute approximate surface area is 171 Å². The van der Waals surface area contributed by atoms with Gasteiger partial charge in [0.25, 0.3) is 5.91 Å². The maximum Gasteiger partial charge on any atom is 0.410 e. The molecule has 1 aliphatic heterocycles. The van der Waals surface area contributed by atoms with Crippen LogP contribution >= 0.6 is 22.7 Å². The average Bonchev–Trinajstić information content (AvgIpc) is 3.22. The molecule has 1 aromatic carbocycles. The minimum Gasteiger partial charge on any atom is -0.444 e. The molecule has 0 spiro atoms. The number of fused-ring (bicyclic) bond motifs is 2. The third kappa shape index (κ3) is 4.02. The van der Waals surface area contributed by atoms with Crippen LogP contribution in [0, 0.1) is 0 Å². The van der Waals surface area contributed by atoms with Crippen molar-refractivity contribution in [2.75, 3.05) is 11.9 Å². The minimum atomic E-state index is -0.519. The van der Waals surface area contributed by atoms with E-state index < -0.39 is 5.60 Å². The van der Waals surface area contributed by atoms with E-state index in [1.54, 1.807) is 4.90 Å². The Kier molecular flexibility index (Phi) is 4.84. The van der Waals surface area contributed by atoms with Gasteiger partial charge in [-0.05, 0) is 38.3 Å². The third-order valence-electron chi connectivity index (χ3n) is 4.25. The number of nitrogens with zero attached hydrogens (tertiary/aromatic N) is 2. The first-order valence-corrected chi connectivity index (χ1v) is 10.7. The fraction of sp³-hybridized carbons (Fsp3) is 0.350. The van der Waals surface area contributed by atoms with Crippen LogP contribution in [0.3, 0.4) is 0 Å². The number of ether oxygens (including phenoxy) is 1. The van der Waals surface area contributed by atoms with Gasteiger partial charge in [-0.25, -0.2) is 9.78 Å². The molecule has 2 aromatic heterocycles. The number of benzene rings is 1. The fourth-order valence-electron chi connectivity index (χ4n) is 2.98. The topological polar surface area (TPSA) is 71.5 Å². The summed E-state index contributed by atoms with van der Waals surface area (Å²) in [6.07, 6.45) is 0.339. The second-order valence-corrected chi connectivity index (χ2v) is 9.81. The van der Waals surface area contributed by atoms with Crippen LogP contribution in [-0.2, 0) is 17.7 Å². The van der Waals surface area contributed by atoms with Crippen molar-refractivity contribution in [1.82, 2.24) is 9.88 Å². The number of carbonyl (C=O) groups is 2. The molecule has 0 atom stereocenters. The lowest BCUT2D eigenvalue weighted by Gasteiger charge is -2.29. The Bertz CT molecular complexity index is 1020. The molecule has 0 fully saturated rings. The molecule has 0 saturated heterocycles. The molecule has 6 nitrogen and oxygen atoms in total. The van der Waals surface area contributed by atoms with Crippen LogP contribution in [0.25, 0.3) is 10.1 Å². The predicted molar refractivity (Wildman–Crippen MR) is 112 cm³/mol. The third-order valence-corrected chi connectivity index (χ3v) is 6.37. The molecule has 146 valence electrons. The molecule has 1 aliphatic rings. The van der Waals surface area contributed by atoms with Crippen LogP contribution in [0.4, 0.5) is 9.93 Å². The Balaban J connectivity index is 1.45. The lowest BCUT2D eigenvalue weighted by Crippen LogP contribution is -2.39. The van der Waals surface area contributed by atoms with Crippen LogP contribution < -0.4 is 5.32 Å². The summed E-state index contributed by atoms with van der Waals surface area (Å²) in [6, 6.07) is 9.82. The molecule has 2 amide bonds. The molecule has 28 heavy (non-hydrogen) atoms. The van der Waals surface area contributed by atoms with Crippen molar-refractivity contribution in [3.63, 3.8) is 0 Å². The Morgan fingerprint density at radius 3 is 2.75 bits per heavy atom. The van der Waals surface area contributed by atoms with Crippen molar-refractivity contribution in [3.8, 4) is 0 Å². The van der Waals surface area contributed by atoms with Crippen molar-refractivity contribution >= 4 is 49.9 Å². The molecule has 0 radical (unpaired) electrons. The van der Waals surface area contributed by atoms with Crippen LogP contribution in [0.5, 0.6) is 0 Å². The second kappa shape index (κ2) is 7.18. The van der Waals surface area contributed by atoms with Crippen molar-refractivity contribution in [3.05, 3.63) is 45.8 Å². The maximum absolute atomic E-state index is 12.6. The maximum atomic E-state index is 12.6. The minimum absolute atomic E-state index is 0.156. The zero-order valence-corrected chi connectivity index (χ0v) is 17.6. The standard InChI is InChI=1S/C20H21N3O3S2/c1-20(2,3)26-19(25)23-9-8-13-16(11-23)28-18(21-13)22-17(24)15-10-12-6-4-5-7-14(12)27-15/h4-7,10H,8-9,11H2,1-3H3,(H,21,22,24). The molecule has 0 aliphatic carbocycles. The number of anilines is 1. The first kappa shape index (κ1) is 18.9. The van der Waals surface area contributed by atoms with Gasteiger partial charge >= 0.3 is 6.09 Å². The summed E-state index contributed by atoms with van der Waals surface area (Å²) in [7, 11) is 0. The van der Waals surface area contributed by atoms with Crippen molar-refractivity contribution < 1.29 is 14.3 Å². The number of hydrogen-bond acceptors (Lipinski definition) is 6. The van der Waals surface area contributed by atoms with Gasteiger partial charge in [0.1, 0.15) is 5.60 Å². The van der Waals surface area contributed by atoms with Crippen LogP contribution in [0.15, 0.2) is 30.3 Å². The van der Waals surface area contributed by atoms with E-state index >= 15 is 0 Å². The molecular formula is C20H21N3O3S2. The second-order valence-electron chi connectivity index (χ2n) is 7.64. The zero-order valence-electron chi connectivity index (χ0n) is 15.9. The van der Waals surface area contributed by atoms with Crippen molar-refractivity contribution in [1.29, 1.82) is 0 Å². The number of thiazole rings is 1. The average molecular weight is 416 g/mol. The molecular weight excluding hydrogens is 394 g/mol. The smallest absolute Gasteiger partial charge is 0.410 e. The summed E-state index contributed by atoms with van der Waals surface area (Å²) >= 11 is 2.88. The van der Waals surface area contributed by atoms with Gasteiger partial charge in [-0.2, -0.15) is 0 Å². The Hall–Kier alpha value is -2.45. The molecule has 0 saturated carbocycles. The van der Waals surface area contributed by atoms with Crippen LogP contribution in [0.1, 0.15) is 41.0 Å². The van der Waals surface area contributed by atoms with E-state index in [2.05, 4.69) is 10.3 Å². The SMILES string of the molecule is CC(C)(C)OC(=O)N1CCc2nc(NC(=O)c3cc4ccccc4s3)sc2C1. The summed E-state index contributed by atoms with van der Waals surface area (Å²) in [5, 5.41) is 4.53. The fourth-order valence-corrected chi connectivity index (χ4v) is 4.96. The van der Waals surface area contributed by atoms with Crippen LogP contribution in [0.2, 0.25) is 0 Å². The van der Waals surface area contributed by atoms with E-state index in [4.69, 9.17) is 4.74 Å². The number of thiophene rings is 1. The highest BCUT2D eigenvalue weighted by Crippen LogP contribution is 2.31. The van der Waals surface area contributed by atoms with E-state index in [0.717, 1.165) is 20.7 Å². The van der Waals surface area contributed by atoms with Gasteiger partial charge in [-0.3, -0.25) is 10.1 Å². The van der Waals surface area contributed by atoms with E-state index in [0.29, 0.717) is 29.5 Å². The van der Waals surface area contributed by atoms with Gasteiger partial charge in [-0.1, -0.05) is 29.5 Å². The Morgan fingerprint density at radius 1 is 1.21 bits per heavy atom. The molecule has 4 rings (SSSR count). The van der Waals surface area contributed by atoms with E-state index in [-0.39, 0.29) is 12.0 Å². The summed E-state index contributed by atoms with van der Waals surface area (Å²) in [6.45, 7) is 6.59. The number of hydrogen-bond donors (Lipinski definition) is 1. The zero-order chi connectivity index (χ0) is 19.9. The van der Waals surface area contributed by atoms with Gasteiger partial charge in [0.2, 0.25) is 0 Å². The predicted octanol–water partition coefficient (Wildman–Crippen LogP) is 4.90. The number of amides is 2. The van der Waals surface area contributed by atoms with E-state index in [1.165, 1.54) is 22.7 Å². The van der Waals surface area contributed by atoms with E-state index in [1.807, 2.05) is 51.1 Å². The molecule has 0 unspecified atom stereocenters. The summed E-state index contributed by atoms with van der Waals surface area (Å²) in [4.78, 5) is 32.8. The molecule has 0 bridgehead atoms. The Morgan fingerprint density at radius 2 is 2.00 bits per heavy atom. The summed E-state index contributed by atoms with van der Waals surface area (Å²) in [5.74, 6) is -0.156. The lowest BCUT2D eigenvalue weighted by molar-refractivity contribution is 0.0225. The van der Waals surface area contributed by atoms with Gasteiger partial charge in [0, 0.05) is 22.5 Å². The molecule has 3 heterocycles. The highest BCUT2D eigenvalue weighted by atomic mass is 32.1. The molecule has 8 heteroatoms. The highest BCUT2D eigenvalue weighted by Gasteiger charge is 2.28. The first-order valence-electron chi connectivity index (χ1n) is 9.05. The summed E-state index contributed by atoms with van der Waals surface area (Å²) in [5.41, 5.74) is 0.422. The largest absolute Gasteiger partial charge is 0.444 e.